The molecular weight excluding hydrogens is 381 g/mol. The molecule has 1 aliphatic rings. The maximum absolute atomic E-state index is 12.5. The first-order valence-corrected chi connectivity index (χ1v) is 8.34. The number of ether oxygens (including phenoxy) is 1. The molecule has 0 fully saturated rings. The molecule has 2 aromatic rings. The predicted molar refractivity (Wildman–Crippen MR) is 90.2 cm³/mol. The number of aromatic nitrogens is 3. The third kappa shape index (κ3) is 5.52. The number of carbonyl (C=O) groups is 2. The molecule has 0 saturated carbocycles. The van der Waals surface area contributed by atoms with Crippen molar-refractivity contribution < 1.29 is 32.6 Å². The van der Waals surface area contributed by atoms with Crippen molar-refractivity contribution in [1.82, 2.24) is 19.4 Å². The number of nitrogens with zero attached hydrogens (tertiary/aromatic N) is 4. The Labute approximate surface area is 158 Å². The van der Waals surface area contributed by atoms with Crippen molar-refractivity contribution in [3.05, 3.63) is 47.8 Å². The van der Waals surface area contributed by atoms with Gasteiger partial charge in [0.15, 0.2) is 0 Å². The smallest absolute Gasteiger partial charge is 0.475 e. The molecule has 2 aromatic heterocycles. The number of hydrogen-bond acceptors (Lipinski definition) is 5. The number of carboxylic acid groups (broad SMARTS) is 1. The first kappa shape index (κ1) is 21.4. The molecule has 0 aliphatic carbocycles. The molecule has 0 radical (unpaired) electrons. The van der Waals surface area contributed by atoms with E-state index in [1.54, 1.807) is 24.5 Å². The van der Waals surface area contributed by atoms with Gasteiger partial charge < -0.3 is 19.3 Å². The van der Waals surface area contributed by atoms with Crippen LogP contribution in [0.2, 0.25) is 0 Å². The van der Waals surface area contributed by atoms with Crippen LogP contribution in [0.5, 0.6) is 0 Å². The summed E-state index contributed by atoms with van der Waals surface area (Å²) in [7, 11) is 0. The third-order valence-electron chi connectivity index (χ3n) is 3.88. The Morgan fingerprint density at radius 1 is 1.25 bits per heavy atom. The van der Waals surface area contributed by atoms with Crippen LogP contribution in [0.4, 0.5) is 13.2 Å². The molecule has 1 amide bonds. The van der Waals surface area contributed by atoms with Crippen LogP contribution in [0, 0.1) is 0 Å². The highest BCUT2D eigenvalue weighted by Crippen LogP contribution is 2.19. The summed E-state index contributed by atoms with van der Waals surface area (Å²) in [6, 6.07) is 3.49. The zero-order chi connectivity index (χ0) is 20.7. The predicted octanol–water partition coefficient (Wildman–Crippen LogP) is 2.10. The summed E-state index contributed by atoms with van der Waals surface area (Å²) in [5.74, 6) is -2.72. The summed E-state index contributed by atoms with van der Waals surface area (Å²) < 4.78 is 39.3. The van der Waals surface area contributed by atoms with Crippen molar-refractivity contribution in [2.75, 3.05) is 13.2 Å². The van der Waals surface area contributed by atoms with E-state index < -0.39 is 12.1 Å². The lowest BCUT2D eigenvalue weighted by Gasteiger charge is -2.28. The summed E-state index contributed by atoms with van der Waals surface area (Å²) >= 11 is 0. The number of halogens is 3. The van der Waals surface area contributed by atoms with Gasteiger partial charge in [-0.1, -0.05) is 0 Å². The van der Waals surface area contributed by atoms with Crippen LogP contribution in [0.3, 0.4) is 0 Å². The molecule has 0 saturated heterocycles. The number of fused-ring (bicyclic) bond motifs is 1. The Kier molecular flexibility index (Phi) is 7.10. The number of alkyl halides is 3. The topological polar surface area (TPSA) is 97.5 Å². The highest BCUT2D eigenvalue weighted by molar-refractivity contribution is 5.94. The van der Waals surface area contributed by atoms with Gasteiger partial charge in [-0.25, -0.2) is 9.78 Å². The van der Waals surface area contributed by atoms with Crippen molar-refractivity contribution in [1.29, 1.82) is 0 Å². The van der Waals surface area contributed by atoms with Crippen LogP contribution in [-0.4, -0.2) is 55.7 Å². The lowest BCUT2D eigenvalue weighted by atomic mass is 10.2. The Hall–Kier alpha value is -2.95. The van der Waals surface area contributed by atoms with Gasteiger partial charge in [0.05, 0.1) is 30.9 Å². The molecule has 8 nitrogen and oxygen atoms in total. The van der Waals surface area contributed by atoms with Gasteiger partial charge in [0, 0.05) is 37.7 Å². The summed E-state index contributed by atoms with van der Waals surface area (Å²) in [5, 5.41) is 7.12. The molecule has 0 bridgehead atoms. The molecule has 11 heteroatoms. The van der Waals surface area contributed by atoms with E-state index in [9.17, 15) is 18.0 Å². The average molecular weight is 400 g/mol. The van der Waals surface area contributed by atoms with Crippen LogP contribution in [-0.2, 0) is 29.2 Å². The SMILES string of the molecule is CCOCc1ncn2c1CN(C(=O)c1ccncc1)CC2.O=C(O)C(F)(F)F. The van der Waals surface area contributed by atoms with E-state index in [1.165, 1.54) is 0 Å². The third-order valence-corrected chi connectivity index (χ3v) is 3.88. The number of hydrogen-bond donors (Lipinski definition) is 1. The van der Waals surface area contributed by atoms with Crippen LogP contribution in [0.1, 0.15) is 28.7 Å². The van der Waals surface area contributed by atoms with E-state index >= 15 is 0 Å². The maximum atomic E-state index is 12.5. The molecule has 28 heavy (non-hydrogen) atoms. The minimum absolute atomic E-state index is 0.0345. The Bertz CT molecular complexity index is 808. The second kappa shape index (κ2) is 9.31. The highest BCUT2D eigenvalue weighted by Gasteiger charge is 2.38. The number of pyridine rings is 1. The second-order valence-electron chi connectivity index (χ2n) is 5.73. The van der Waals surface area contributed by atoms with E-state index in [2.05, 4.69) is 14.5 Å². The van der Waals surface area contributed by atoms with Gasteiger partial charge in [0.2, 0.25) is 0 Å². The maximum Gasteiger partial charge on any atom is 0.490 e. The number of aliphatic carboxylic acids is 1. The zero-order valence-corrected chi connectivity index (χ0v) is 15.0. The largest absolute Gasteiger partial charge is 0.490 e. The van der Waals surface area contributed by atoms with Crippen LogP contribution < -0.4 is 0 Å². The molecule has 152 valence electrons. The quantitative estimate of drug-likeness (QED) is 0.844. The van der Waals surface area contributed by atoms with Gasteiger partial charge in [-0.15, -0.1) is 0 Å². The molecular formula is C17H19F3N4O4. The fourth-order valence-electron chi connectivity index (χ4n) is 2.48. The van der Waals surface area contributed by atoms with E-state index in [-0.39, 0.29) is 5.91 Å². The monoisotopic (exact) mass is 400 g/mol. The Morgan fingerprint density at radius 3 is 2.46 bits per heavy atom. The first-order valence-electron chi connectivity index (χ1n) is 8.34. The minimum Gasteiger partial charge on any atom is -0.475 e. The van der Waals surface area contributed by atoms with Crippen molar-refractivity contribution in [3.8, 4) is 0 Å². The lowest BCUT2D eigenvalue weighted by Crippen LogP contribution is -2.38. The zero-order valence-electron chi connectivity index (χ0n) is 15.0. The van der Waals surface area contributed by atoms with Crippen molar-refractivity contribution in [2.24, 2.45) is 0 Å². The Balaban J connectivity index is 0.000000345. The minimum atomic E-state index is -5.08. The van der Waals surface area contributed by atoms with Crippen molar-refractivity contribution in [2.45, 2.75) is 32.8 Å². The van der Waals surface area contributed by atoms with Gasteiger partial charge >= 0.3 is 12.1 Å². The van der Waals surface area contributed by atoms with Crippen LogP contribution in [0.15, 0.2) is 30.9 Å². The number of rotatable bonds is 4. The average Bonchev–Trinajstić information content (AvgIpc) is 3.08. The molecule has 0 atom stereocenters. The second-order valence-corrected chi connectivity index (χ2v) is 5.73. The van der Waals surface area contributed by atoms with E-state index in [4.69, 9.17) is 14.6 Å². The molecule has 1 aliphatic heterocycles. The highest BCUT2D eigenvalue weighted by atomic mass is 19.4. The fraction of sp³-hybridized carbons (Fsp3) is 0.412. The van der Waals surface area contributed by atoms with E-state index in [0.29, 0.717) is 31.9 Å². The van der Waals surface area contributed by atoms with Crippen molar-refractivity contribution in [3.63, 3.8) is 0 Å². The number of amides is 1. The molecule has 0 unspecified atom stereocenters. The molecule has 3 heterocycles. The summed E-state index contributed by atoms with van der Waals surface area (Å²) in [4.78, 5) is 31.6. The van der Waals surface area contributed by atoms with Gasteiger partial charge in [0.25, 0.3) is 5.91 Å². The first-order chi connectivity index (χ1) is 13.2. The van der Waals surface area contributed by atoms with Gasteiger partial charge in [0.1, 0.15) is 0 Å². The van der Waals surface area contributed by atoms with Crippen molar-refractivity contribution >= 4 is 11.9 Å². The van der Waals surface area contributed by atoms with E-state index in [0.717, 1.165) is 17.9 Å². The fourth-order valence-corrected chi connectivity index (χ4v) is 2.48. The number of carboxylic acids is 1. The molecule has 3 rings (SSSR count). The Morgan fingerprint density at radius 2 is 1.89 bits per heavy atom. The summed E-state index contributed by atoms with van der Waals surface area (Å²) in [5.41, 5.74) is 2.66. The summed E-state index contributed by atoms with van der Waals surface area (Å²) in [6.45, 7) is 5.15. The molecule has 0 spiro atoms. The lowest BCUT2D eigenvalue weighted by molar-refractivity contribution is -0.192. The number of carbonyl (C=O) groups excluding carboxylic acids is 1. The summed E-state index contributed by atoms with van der Waals surface area (Å²) in [6.07, 6.45) is 0.0296. The van der Waals surface area contributed by atoms with Gasteiger partial charge in [-0.3, -0.25) is 9.78 Å². The molecule has 0 aromatic carbocycles. The van der Waals surface area contributed by atoms with Gasteiger partial charge in [-0.2, -0.15) is 13.2 Å². The standard InChI is InChI=1S/C15H18N4O2.C2HF3O2/c1-2-21-10-13-14-9-18(7-8-19(14)11-17-13)15(20)12-3-5-16-6-4-12;3-2(4,5)1(6)7/h3-6,11H,2,7-10H2,1H3;(H,6,7). The van der Waals surface area contributed by atoms with Crippen LogP contribution in [0.25, 0.3) is 0 Å². The van der Waals surface area contributed by atoms with Crippen LogP contribution >= 0.6 is 0 Å². The van der Waals surface area contributed by atoms with E-state index in [1.807, 2.05) is 18.2 Å². The normalized spacial score (nSPS) is 13.4. The molecule has 1 N–H and O–H groups in total. The number of imidazole rings is 1. The van der Waals surface area contributed by atoms with Gasteiger partial charge in [-0.05, 0) is 19.1 Å².